The van der Waals surface area contributed by atoms with Crippen LogP contribution in [-0.4, -0.2) is 36.8 Å². The summed E-state index contributed by atoms with van der Waals surface area (Å²) in [7, 11) is 1.31. The van der Waals surface area contributed by atoms with E-state index in [0.29, 0.717) is 22.5 Å². The van der Waals surface area contributed by atoms with E-state index in [9.17, 15) is 14.4 Å². The van der Waals surface area contributed by atoms with Crippen LogP contribution in [0.1, 0.15) is 34.3 Å². The standard InChI is InChI=1S/C27H25N3O5/c1-17(28-26(33)35-16-18-10-4-3-5-11-18)27-23(25(32)34-2)20-13-7-9-15-22(20)30(27)24(31)19-12-6-8-14-21(19)29-27/h3-15,17,23,29H,16H2,1-2H3,(H,28,33)/t17-,23+,27-/m0/s1. The van der Waals surface area contributed by atoms with E-state index in [2.05, 4.69) is 10.6 Å². The fourth-order valence-electron chi connectivity index (χ4n) is 5.05. The molecule has 3 aromatic carbocycles. The summed E-state index contributed by atoms with van der Waals surface area (Å²) in [6.45, 7) is 1.83. The lowest BCUT2D eigenvalue weighted by molar-refractivity contribution is -0.144. The second-order valence-electron chi connectivity index (χ2n) is 8.58. The molecule has 5 rings (SSSR count). The van der Waals surface area contributed by atoms with Gasteiger partial charge < -0.3 is 20.1 Å². The lowest BCUT2D eigenvalue weighted by Gasteiger charge is -2.49. The van der Waals surface area contributed by atoms with Gasteiger partial charge in [0.25, 0.3) is 5.91 Å². The average Bonchev–Trinajstić information content (AvgIpc) is 3.19. The van der Waals surface area contributed by atoms with E-state index >= 15 is 0 Å². The second kappa shape index (κ2) is 8.79. The van der Waals surface area contributed by atoms with Crippen molar-refractivity contribution < 1.29 is 23.9 Å². The summed E-state index contributed by atoms with van der Waals surface area (Å²) in [6, 6.07) is 22.9. The number of anilines is 2. The summed E-state index contributed by atoms with van der Waals surface area (Å²) in [5.41, 5.74) is 1.76. The second-order valence-corrected chi connectivity index (χ2v) is 8.58. The van der Waals surface area contributed by atoms with Crippen molar-refractivity contribution in [3.8, 4) is 0 Å². The highest BCUT2D eigenvalue weighted by Gasteiger charge is 2.63. The molecule has 2 N–H and O–H groups in total. The molecule has 0 saturated heterocycles. The van der Waals surface area contributed by atoms with Gasteiger partial charge in [0.1, 0.15) is 12.5 Å². The monoisotopic (exact) mass is 471 g/mol. The van der Waals surface area contributed by atoms with Crippen LogP contribution in [0.3, 0.4) is 0 Å². The lowest BCUT2D eigenvalue weighted by Crippen LogP contribution is -2.70. The Hall–Kier alpha value is -4.33. The van der Waals surface area contributed by atoms with Crippen LogP contribution in [0.15, 0.2) is 78.9 Å². The third-order valence-electron chi connectivity index (χ3n) is 6.64. The van der Waals surface area contributed by atoms with Crippen LogP contribution in [0.2, 0.25) is 0 Å². The van der Waals surface area contributed by atoms with Crippen molar-refractivity contribution in [1.82, 2.24) is 5.32 Å². The molecule has 3 atom stereocenters. The molecular formula is C27H25N3O5. The third-order valence-corrected chi connectivity index (χ3v) is 6.64. The van der Waals surface area contributed by atoms with E-state index in [1.807, 2.05) is 48.5 Å². The molecule has 0 aliphatic carbocycles. The van der Waals surface area contributed by atoms with Crippen molar-refractivity contribution in [2.75, 3.05) is 17.3 Å². The highest BCUT2D eigenvalue weighted by molar-refractivity contribution is 6.16. The molecule has 3 aromatic rings. The minimum absolute atomic E-state index is 0.0892. The average molecular weight is 472 g/mol. The number of ether oxygens (including phenoxy) is 2. The van der Waals surface area contributed by atoms with Gasteiger partial charge in [0.2, 0.25) is 0 Å². The number of methoxy groups -OCH3 is 1. The molecule has 0 bridgehead atoms. The summed E-state index contributed by atoms with van der Waals surface area (Å²) < 4.78 is 10.6. The Morgan fingerprint density at radius 3 is 2.49 bits per heavy atom. The largest absolute Gasteiger partial charge is 0.468 e. The number of rotatable bonds is 5. The van der Waals surface area contributed by atoms with Crippen molar-refractivity contribution in [2.45, 2.75) is 31.2 Å². The van der Waals surface area contributed by atoms with Gasteiger partial charge in [-0.2, -0.15) is 0 Å². The quantitative estimate of drug-likeness (QED) is 0.545. The number of hydrogen-bond donors (Lipinski definition) is 2. The maximum atomic E-state index is 13.8. The number of alkyl carbamates (subject to hydrolysis) is 1. The molecule has 35 heavy (non-hydrogen) atoms. The maximum Gasteiger partial charge on any atom is 0.407 e. The van der Waals surface area contributed by atoms with Crippen molar-refractivity contribution in [2.24, 2.45) is 0 Å². The van der Waals surface area contributed by atoms with Gasteiger partial charge in [0.15, 0.2) is 5.66 Å². The van der Waals surface area contributed by atoms with Gasteiger partial charge in [-0.3, -0.25) is 14.5 Å². The minimum Gasteiger partial charge on any atom is -0.468 e. The summed E-state index contributed by atoms with van der Waals surface area (Å²) in [4.78, 5) is 41.4. The van der Waals surface area contributed by atoms with Crippen molar-refractivity contribution in [1.29, 1.82) is 0 Å². The van der Waals surface area contributed by atoms with E-state index in [1.165, 1.54) is 7.11 Å². The Morgan fingerprint density at radius 2 is 1.71 bits per heavy atom. The van der Waals surface area contributed by atoms with Gasteiger partial charge >= 0.3 is 12.1 Å². The normalized spacial score (nSPS) is 20.6. The number of benzene rings is 3. The van der Waals surface area contributed by atoms with Crippen molar-refractivity contribution in [3.05, 3.63) is 95.6 Å². The van der Waals surface area contributed by atoms with Crippen LogP contribution in [-0.2, 0) is 20.9 Å². The zero-order valence-electron chi connectivity index (χ0n) is 19.4. The molecule has 2 aliphatic rings. The van der Waals surface area contributed by atoms with Gasteiger partial charge in [-0.15, -0.1) is 0 Å². The Labute approximate surface area is 202 Å². The zero-order valence-corrected chi connectivity index (χ0v) is 19.4. The maximum absolute atomic E-state index is 13.8. The van der Waals surface area contributed by atoms with E-state index in [1.54, 1.807) is 42.2 Å². The van der Waals surface area contributed by atoms with Crippen LogP contribution in [0, 0.1) is 0 Å². The highest BCUT2D eigenvalue weighted by atomic mass is 16.5. The first-order valence-electron chi connectivity index (χ1n) is 11.3. The number of fused-ring (bicyclic) bond motifs is 4. The molecule has 178 valence electrons. The molecule has 8 nitrogen and oxygen atoms in total. The molecule has 0 radical (unpaired) electrons. The van der Waals surface area contributed by atoms with Gasteiger partial charge in [-0.25, -0.2) is 4.79 Å². The molecule has 2 amide bonds. The first-order valence-corrected chi connectivity index (χ1v) is 11.3. The fourth-order valence-corrected chi connectivity index (χ4v) is 5.05. The number of carbonyl (C=O) groups excluding carboxylic acids is 3. The van der Waals surface area contributed by atoms with E-state index in [-0.39, 0.29) is 12.5 Å². The number of hydrogen-bond acceptors (Lipinski definition) is 6. The van der Waals surface area contributed by atoms with Crippen molar-refractivity contribution >= 4 is 29.3 Å². The number of amides is 2. The highest BCUT2D eigenvalue weighted by Crippen LogP contribution is 2.53. The van der Waals surface area contributed by atoms with E-state index < -0.39 is 29.7 Å². The molecule has 8 heteroatoms. The predicted octanol–water partition coefficient (Wildman–Crippen LogP) is 4.04. The third kappa shape index (κ3) is 3.58. The lowest BCUT2D eigenvalue weighted by atomic mass is 9.82. The summed E-state index contributed by atoms with van der Waals surface area (Å²) >= 11 is 0. The molecule has 0 unspecified atom stereocenters. The molecular weight excluding hydrogens is 446 g/mol. The van der Waals surface area contributed by atoms with Crippen LogP contribution < -0.4 is 15.5 Å². The van der Waals surface area contributed by atoms with Gasteiger partial charge in [0.05, 0.1) is 24.4 Å². The first-order chi connectivity index (χ1) is 17.0. The first kappa shape index (κ1) is 22.5. The summed E-state index contributed by atoms with van der Waals surface area (Å²) in [5.74, 6) is -1.69. The van der Waals surface area contributed by atoms with E-state index in [0.717, 1.165) is 5.56 Å². The Morgan fingerprint density at radius 1 is 1.03 bits per heavy atom. The SMILES string of the molecule is COC(=O)[C@H]1c2ccccc2N2C(=O)c3ccccc3N[C@]12[C@H](C)NC(=O)OCc1ccccc1. The van der Waals surface area contributed by atoms with E-state index in [4.69, 9.17) is 9.47 Å². The fraction of sp³-hybridized carbons (Fsp3) is 0.222. The van der Waals surface area contributed by atoms with Crippen molar-refractivity contribution in [3.63, 3.8) is 0 Å². The van der Waals surface area contributed by atoms with Crippen LogP contribution in [0.4, 0.5) is 16.2 Å². The molecule has 2 aliphatic heterocycles. The Bertz CT molecular complexity index is 1290. The number of para-hydroxylation sites is 2. The topological polar surface area (TPSA) is 97.0 Å². The number of nitrogens with one attached hydrogen (secondary N) is 2. The predicted molar refractivity (Wildman–Crippen MR) is 130 cm³/mol. The summed E-state index contributed by atoms with van der Waals surface area (Å²) in [5, 5.41) is 6.28. The van der Waals surface area contributed by atoms with Gasteiger partial charge in [0, 0.05) is 5.69 Å². The molecule has 0 fully saturated rings. The zero-order chi connectivity index (χ0) is 24.6. The Kier molecular flexibility index (Phi) is 5.64. The molecule has 2 heterocycles. The van der Waals surface area contributed by atoms with Gasteiger partial charge in [-0.05, 0) is 36.2 Å². The number of esters is 1. The number of carbonyl (C=O) groups is 3. The number of nitrogens with zero attached hydrogens (tertiary/aromatic N) is 1. The van der Waals surface area contributed by atoms with Gasteiger partial charge in [-0.1, -0.05) is 60.7 Å². The minimum atomic E-state index is -1.35. The smallest absolute Gasteiger partial charge is 0.407 e. The molecule has 0 saturated carbocycles. The summed E-state index contributed by atoms with van der Waals surface area (Å²) in [6.07, 6.45) is -0.664. The van der Waals surface area contributed by atoms with Crippen LogP contribution in [0.25, 0.3) is 0 Å². The Balaban J connectivity index is 1.55. The van der Waals surface area contributed by atoms with Crippen LogP contribution >= 0.6 is 0 Å². The molecule has 0 spiro atoms. The molecule has 0 aromatic heterocycles. The van der Waals surface area contributed by atoms with Crippen LogP contribution in [0.5, 0.6) is 0 Å².